The van der Waals surface area contributed by atoms with Gasteiger partial charge in [0.1, 0.15) is 18.3 Å². The molecule has 0 bridgehead atoms. The summed E-state index contributed by atoms with van der Waals surface area (Å²) in [6, 6.07) is 0. The molecular weight excluding hydrogens is 347 g/mol. The van der Waals surface area contributed by atoms with Crippen molar-refractivity contribution in [1.29, 1.82) is 0 Å². The minimum absolute atomic E-state index is 0.163. The quantitative estimate of drug-likeness (QED) is 0.598. The van der Waals surface area contributed by atoms with E-state index in [0.717, 1.165) is 28.6 Å². The van der Waals surface area contributed by atoms with Gasteiger partial charge in [-0.1, -0.05) is 13.3 Å². The highest BCUT2D eigenvalue weighted by atomic mass is 127. The maximum Gasteiger partial charge on any atom is 0.164 e. The molecule has 18 heavy (non-hydrogen) atoms. The highest BCUT2D eigenvalue weighted by Gasteiger charge is 2.52. The van der Waals surface area contributed by atoms with Gasteiger partial charge in [0.05, 0.1) is 6.61 Å². The third-order valence-corrected chi connectivity index (χ3v) is 4.58. The summed E-state index contributed by atoms with van der Waals surface area (Å²) in [6.07, 6.45) is 1.16. The van der Waals surface area contributed by atoms with Crippen LogP contribution in [-0.4, -0.2) is 42.4 Å². The summed E-state index contributed by atoms with van der Waals surface area (Å²) < 4.78 is 18.2. The van der Waals surface area contributed by atoms with E-state index < -0.39 is 11.9 Å². The second kappa shape index (κ2) is 5.75. The Kier molecular flexibility index (Phi) is 4.70. The smallest absolute Gasteiger partial charge is 0.164 e. The number of hydrogen-bond acceptors (Lipinski definition) is 4. The molecule has 0 aromatic rings. The first-order valence-corrected chi connectivity index (χ1v) is 7.54. The maximum absolute atomic E-state index is 10.1. The average Bonchev–Trinajstić information content (AvgIpc) is 2.72. The van der Waals surface area contributed by atoms with Gasteiger partial charge in [0.15, 0.2) is 5.79 Å². The molecule has 2 rings (SSSR count). The van der Waals surface area contributed by atoms with Crippen LogP contribution < -0.4 is 0 Å². The van der Waals surface area contributed by atoms with Gasteiger partial charge in [0.25, 0.3) is 0 Å². The number of aliphatic hydroxyl groups excluding tert-OH is 1. The number of unbranched alkanes of at least 4 members (excludes halogenated alkanes) is 1. The zero-order valence-corrected chi connectivity index (χ0v) is 13.3. The fourth-order valence-corrected chi connectivity index (χ4v) is 3.16. The van der Waals surface area contributed by atoms with E-state index in [2.05, 4.69) is 29.5 Å². The molecule has 1 aliphatic carbocycles. The van der Waals surface area contributed by atoms with Crippen LogP contribution in [0.25, 0.3) is 0 Å². The van der Waals surface area contributed by atoms with Crippen LogP contribution in [0.2, 0.25) is 0 Å². The lowest BCUT2D eigenvalue weighted by Crippen LogP contribution is -2.30. The molecule has 1 aliphatic heterocycles. The molecule has 0 amide bonds. The monoisotopic (exact) mass is 368 g/mol. The van der Waals surface area contributed by atoms with Crippen molar-refractivity contribution in [3.05, 3.63) is 9.15 Å². The minimum Gasteiger partial charge on any atom is -0.385 e. The molecule has 1 fully saturated rings. The summed E-state index contributed by atoms with van der Waals surface area (Å²) in [7, 11) is 0. The normalized spacial score (nSPS) is 34.2. The molecule has 0 spiro atoms. The second-order valence-corrected chi connectivity index (χ2v) is 6.41. The summed E-state index contributed by atoms with van der Waals surface area (Å²) in [5, 5.41) is 10.1. The SMILES string of the molecule is CCCCOCC1=C(I)[C@H](O)[C@@H]2OC(C)(C)O[C@H]12. The van der Waals surface area contributed by atoms with E-state index in [1.54, 1.807) is 0 Å². The first-order chi connectivity index (χ1) is 8.46. The van der Waals surface area contributed by atoms with Crippen LogP contribution in [-0.2, 0) is 14.2 Å². The predicted octanol–water partition coefficient (Wildman–Crippen LogP) is 2.39. The van der Waals surface area contributed by atoms with Crippen molar-refractivity contribution in [3.8, 4) is 0 Å². The van der Waals surface area contributed by atoms with Crippen LogP contribution in [0.3, 0.4) is 0 Å². The first-order valence-electron chi connectivity index (χ1n) is 6.46. The van der Waals surface area contributed by atoms with Crippen molar-refractivity contribution >= 4 is 22.6 Å². The largest absolute Gasteiger partial charge is 0.385 e. The molecule has 0 aromatic heterocycles. The fourth-order valence-electron chi connectivity index (χ4n) is 2.34. The topological polar surface area (TPSA) is 47.9 Å². The molecular formula is C13H21IO4. The van der Waals surface area contributed by atoms with Crippen molar-refractivity contribution in [3.63, 3.8) is 0 Å². The number of hydrogen-bond donors (Lipinski definition) is 1. The summed E-state index contributed by atoms with van der Waals surface area (Å²) in [4.78, 5) is 0. The van der Waals surface area contributed by atoms with Crippen molar-refractivity contribution in [1.82, 2.24) is 0 Å². The van der Waals surface area contributed by atoms with Gasteiger partial charge in [0.2, 0.25) is 0 Å². The number of fused-ring (bicyclic) bond motifs is 1. The van der Waals surface area contributed by atoms with Crippen LogP contribution >= 0.6 is 22.6 Å². The predicted molar refractivity (Wildman–Crippen MR) is 76.6 cm³/mol. The zero-order valence-electron chi connectivity index (χ0n) is 11.1. The molecule has 1 saturated heterocycles. The van der Waals surface area contributed by atoms with Gasteiger partial charge in [-0.25, -0.2) is 0 Å². The molecule has 1 N–H and O–H groups in total. The summed E-state index contributed by atoms with van der Waals surface area (Å²) in [5.74, 6) is -0.623. The van der Waals surface area contributed by atoms with Gasteiger partial charge in [-0.05, 0) is 48.4 Å². The van der Waals surface area contributed by atoms with Crippen LogP contribution in [0, 0.1) is 0 Å². The van der Waals surface area contributed by atoms with Gasteiger partial charge in [-0.15, -0.1) is 0 Å². The Bertz CT molecular complexity index is 340. The molecule has 1 heterocycles. The van der Waals surface area contributed by atoms with Crippen molar-refractivity contribution in [2.24, 2.45) is 0 Å². The molecule has 104 valence electrons. The Morgan fingerprint density at radius 1 is 1.39 bits per heavy atom. The highest BCUT2D eigenvalue weighted by Crippen LogP contribution is 2.43. The number of halogens is 1. The molecule has 0 saturated carbocycles. The van der Waals surface area contributed by atoms with Gasteiger partial charge in [-0.3, -0.25) is 0 Å². The van der Waals surface area contributed by atoms with Crippen LogP contribution in [0.5, 0.6) is 0 Å². The number of rotatable bonds is 5. The van der Waals surface area contributed by atoms with E-state index in [-0.39, 0.29) is 12.2 Å². The van der Waals surface area contributed by atoms with Gasteiger partial charge in [0, 0.05) is 10.2 Å². The lowest BCUT2D eigenvalue weighted by Gasteiger charge is -2.20. The Labute approximate surface area is 122 Å². The van der Waals surface area contributed by atoms with E-state index in [9.17, 15) is 5.11 Å². The van der Waals surface area contributed by atoms with Crippen molar-refractivity contribution in [2.45, 2.75) is 57.7 Å². The Morgan fingerprint density at radius 3 is 2.78 bits per heavy atom. The van der Waals surface area contributed by atoms with Crippen LogP contribution in [0.4, 0.5) is 0 Å². The van der Waals surface area contributed by atoms with E-state index in [1.807, 2.05) is 13.8 Å². The first kappa shape index (κ1) is 14.7. The number of aliphatic hydroxyl groups is 1. The molecule has 2 aliphatic rings. The highest BCUT2D eigenvalue weighted by molar-refractivity contribution is 14.1. The summed E-state index contributed by atoms with van der Waals surface area (Å²) in [6.45, 7) is 7.16. The second-order valence-electron chi connectivity index (χ2n) is 5.24. The molecule has 0 aromatic carbocycles. The minimum atomic E-state index is -0.623. The summed E-state index contributed by atoms with van der Waals surface area (Å²) >= 11 is 2.17. The van der Waals surface area contributed by atoms with Crippen molar-refractivity contribution in [2.75, 3.05) is 13.2 Å². The third kappa shape index (κ3) is 2.90. The van der Waals surface area contributed by atoms with Gasteiger partial charge in [-0.2, -0.15) is 0 Å². The average molecular weight is 368 g/mol. The lowest BCUT2D eigenvalue weighted by atomic mass is 10.1. The fraction of sp³-hybridized carbons (Fsp3) is 0.846. The van der Waals surface area contributed by atoms with E-state index >= 15 is 0 Å². The summed E-state index contributed by atoms with van der Waals surface area (Å²) in [5.41, 5.74) is 1.04. The van der Waals surface area contributed by atoms with E-state index in [1.165, 1.54) is 0 Å². The molecule has 5 heteroatoms. The number of ether oxygens (including phenoxy) is 3. The van der Waals surface area contributed by atoms with Gasteiger partial charge >= 0.3 is 0 Å². The Balaban J connectivity index is 2.00. The Morgan fingerprint density at radius 2 is 2.11 bits per heavy atom. The maximum atomic E-state index is 10.1. The third-order valence-electron chi connectivity index (χ3n) is 3.25. The van der Waals surface area contributed by atoms with Crippen LogP contribution in [0.1, 0.15) is 33.6 Å². The lowest BCUT2D eigenvalue weighted by molar-refractivity contribution is -0.153. The zero-order chi connectivity index (χ0) is 13.3. The van der Waals surface area contributed by atoms with Crippen molar-refractivity contribution < 1.29 is 19.3 Å². The molecule has 0 radical (unpaired) electrons. The van der Waals surface area contributed by atoms with Crippen LogP contribution in [0.15, 0.2) is 9.15 Å². The molecule has 3 atom stereocenters. The van der Waals surface area contributed by atoms with E-state index in [4.69, 9.17) is 14.2 Å². The molecule has 0 unspecified atom stereocenters. The molecule has 4 nitrogen and oxygen atoms in total. The van der Waals surface area contributed by atoms with E-state index in [0.29, 0.717) is 6.61 Å². The standard InChI is InChI=1S/C13H21IO4/c1-4-5-6-16-7-8-9(14)10(15)12-11(8)17-13(2,3)18-12/h10-12,15H,4-7H2,1-3H3/t10-,11+,12-/m0/s1. The Hall–Kier alpha value is 0.310. The van der Waals surface area contributed by atoms with Gasteiger partial charge < -0.3 is 19.3 Å².